The third kappa shape index (κ3) is 2.45. The Hall–Kier alpha value is -3.67. The SMILES string of the molecule is COc1ccc(-c2ccc3c(c2O)C(=O)c2cc(C(C)=O)oc2C3=O)cc1. The zero-order valence-electron chi connectivity index (χ0n) is 14.5. The lowest BCUT2D eigenvalue weighted by Gasteiger charge is -2.17. The average Bonchev–Trinajstić information content (AvgIpc) is 3.12. The second kappa shape index (κ2) is 5.95. The van der Waals surface area contributed by atoms with Gasteiger partial charge in [0.25, 0.3) is 0 Å². The Kier molecular flexibility index (Phi) is 3.70. The van der Waals surface area contributed by atoms with Crippen molar-refractivity contribution >= 4 is 17.3 Å². The van der Waals surface area contributed by atoms with Crippen LogP contribution in [0, 0.1) is 0 Å². The number of ketones is 3. The third-order valence-electron chi connectivity index (χ3n) is 4.58. The molecule has 1 N–H and O–H groups in total. The maximum atomic E-state index is 12.9. The summed E-state index contributed by atoms with van der Waals surface area (Å²) in [6.07, 6.45) is 0. The first-order valence-corrected chi connectivity index (χ1v) is 8.17. The second-order valence-electron chi connectivity index (χ2n) is 6.18. The number of ether oxygens (including phenoxy) is 1. The molecule has 6 heteroatoms. The number of phenolic OH excluding ortho intramolecular Hbond substituents is 1. The maximum Gasteiger partial charge on any atom is 0.229 e. The van der Waals surface area contributed by atoms with Gasteiger partial charge >= 0.3 is 0 Å². The molecule has 27 heavy (non-hydrogen) atoms. The van der Waals surface area contributed by atoms with E-state index in [-0.39, 0.29) is 34.0 Å². The molecule has 0 saturated heterocycles. The van der Waals surface area contributed by atoms with Gasteiger partial charge in [0.05, 0.1) is 18.2 Å². The molecular formula is C21H14O6. The molecule has 3 aromatic rings. The predicted octanol–water partition coefficient (Wildman–Crippen LogP) is 3.64. The van der Waals surface area contributed by atoms with E-state index in [1.807, 2.05) is 0 Å². The Labute approximate surface area is 154 Å². The molecular weight excluding hydrogens is 348 g/mol. The third-order valence-corrected chi connectivity index (χ3v) is 4.58. The molecule has 4 rings (SSSR count). The van der Waals surface area contributed by atoms with Crippen LogP contribution in [0.4, 0.5) is 0 Å². The zero-order chi connectivity index (χ0) is 19.3. The second-order valence-corrected chi connectivity index (χ2v) is 6.18. The largest absolute Gasteiger partial charge is 0.507 e. The van der Waals surface area contributed by atoms with Crippen LogP contribution in [0.3, 0.4) is 0 Å². The molecule has 0 amide bonds. The highest BCUT2D eigenvalue weighted by molar-refractivity contribution is 6.29. The molecule has 1 heterocycles. The smallest absolute Gasteiger partial charge is 0.229 e. The maximum absolute atomic E-state index is 12.9. The number of furan rings is 1. The Morgan fingerprint density at radius 3 is 2.26 bits per heavy atom. The number of methoxy groups -OCH3 is 1. The summed E-state index contributed by atoms with van der Waals surface area (Å²) in [5.41, 5.74) is 1.03. The fraction of sp³-hybridized carbons (Fsp3) is 0.0952. The summed E-state index contributed by atoms with van der Waals surface area (Å²) in [4.78, 5) is 37.1. The van der Waals surface area contributed by atoms with Gasteiger partial charge in [-0.25, -0.2) is 0 Å². The minimum atomic E-state index is -0.552. The van der Waals surface area contributed by atoms with Gasteiger partial charge in [-0.3, -0.25) is 14.4 Å². The summed E-state index contributed by atoms with van der Waals surface area (Å²) >= 11 is 0. The van der Waals surface area contributed by atoms with Crippen molar-refractivity contribution in [3.8, 4) is 22.6 Å². The van der Waals surface area contributed by atoms with Crippen molar-refractivity contribution in [1.82, 2.24) is 0 Å². The summed E-state index contributed by atoms with van der Waals surface area (Å²) in [7, 11) is 1.55. The van der Waals surface area contributed by atoms with Crippen LogP contribution in [0.2, 0.25) is 0 Å². The lowest BCUT2D eigenvalue weighted by atomic mass is 9.85. The topological polar surface area (TPSA) is 93.8 Å². The summed E-state index contributed by atoms with van der Waals surface area (Å²) in [5.74, 6) is -1.35. The number of carbonyl (C=O) groups excluding carboxylic acids is 3. The van der Waals surface area contributed by atoms with Crippen molar-refractivity contribution in [1.29, 1.82) is 0 Å². The van der Waals surface area contributed by atoms with Gasteiger partial charge in [-0.1, -0.05) is 12.1 Å². The van der Waals surface area contributed by atoms with Gasteiger partial charge in [-0.05, 0) is 35.9 Å². The molecule has 0 atom stereocenters. The van der Waals surface area contributed by atoms with E-state index < -0.39 is 17.3 Å². The molecule has 6 nitrogen and oxygen atoms in total. The van der Waals surface area contributed by atoms with Crippen LogP contribution in [-0.4, -0.2) is 29.6 Å². The minimum Gasteiger partial charge on any atom is -0.507 e. The number of hydrogen-bond donors (Lipinski definition) is 1. The van der Waals surface area contributed by atoms with E-state index in [9.17, 15) is 19.5 Å². The van der Waals surface area contributed by atoms with E-state index >= 15 is 0 Å². The normalized spacial score (nSPS) is 12.5. The number of rotatable bonds is 3. The molecule has 0 radical (unpaired) electrons. The van der Waals surface area contributed by atoms with E-state index in [1.54, 1.807) is 37.4 Å². The van der Waals surface area contributed by atoms with Crippen LogP contribution >= 0.6 is 0 Å². The molecule has 0 unspecified atom stereocenters. The number of Topliss-reactive ketones (excluding diaryl/α,β-unsaturated/α-hetero) is 1. The molecule has 1 aromatic heterocycles. The monoisotopic (exact) mass is 362 g/mol. The molecule has 2 aromatic carbocycles. The summed E-state index contributed by atoms with van der Waals surface area (Å²) in [5, 5.41) is 10.7. The number of carbonyl (C=O) groups is 3. The minimum absolute atomic E-state index is 0.0140. The number of hydrogen-bond acceptors (Lipinski definition) is 6. The molecule has 0 bridgehead atoms. The predicted molar refractivity (Wildman–Crippen MR) is 95.7 cm³/mol. The highest BCUT2D eigenvalue weighted by Crippen LogP contribution is 2.40. The van der Waals surface area contributed by atoms with Crippen molar-refractivity contribution in [2.45, 2.75) is 6.92 Å². The van der Waals surface area contributed by atoms with Crippen LogP contribution in [0.25, 0.3) is 11.1 Å². The Morgan fingerprint density at radius 2 is 1.63 bits per heavy atom. The molecule has 1 aliphatic carbocycles. The summed E-state index contributed by atoms with van der Waals surface area (Å²) < 4.78 is 10.4. The van der Waals surface area contributed by atoms with Crippen molar-refractivity contribution < 1.29 is 28.6 Å². The summed E-state index contributed by atoms with van der Waals surface area (Å²) in [6, 6.07) is 11.2. The van der Waals surface area contributed by atoms with Crippen LogP contribution in [-0.2, 0) is 0 Å². The van der Waals surface area contributed by atoms with Gasteiger partial charge in [0.15, 0.2) is 17.3 Å². The zero-order valence-corrected chi connectivity index (χ0v) is 14.5. The fourth-order valence-electron chi connectivity index (χ4n) is 3.17. The standard InChI is InChI=1S/C21H14O6/c1-10(22)16-9-15-19(24)17-14(20(25)21(15)27-16)8-7-13(18(17)23)11-3-5-12(26-2)6-4-11/h3-9,23H,1-2H3. The van der Waals surface area contributed by atoms with Crippen LogP contribution < -0.4 is 4.74 Å². The van der Waals surface area contributed by atoms with Gasteiger partial charge in [-0.2, -0.15) is 0 Å². The van der Waals surface area contributed by atoms with Crippen LogP contribution in [0.5, 0.6) is 11.5 Å². The summed E-state index contributed by atoms with van der Waals surface area (Å²) in [6.45, 7) is 1.28. The van der Waals surface area contributed by atoms with Gasteiger partial charge < -0.3 is 14.3 Å². The van der Waals surface area contributed by atoms with Crippen LogP contribution in [0.15, 0.2) is 46.9 Å². The molecule has 0 fully saturated rings. The van der Waals surface area contributed by atoms with E-state index in [4.69, 9.17) is 9.15 Å². The van der Waals surface area contributed by atoms with E-state index in [0.717, 1.165) is 0 Å². The molecule has 134 valence electrons. The lowest BCUT2D eigenvalue weighted by molar-refractivity contribution is 0.0945. The quantitative estimate of drug-likeness (QED) is 0.559. The van der Waals surface area contributed by atoms with Crippen LogP contribution in [0.1, 0.15) is 49.5 Å². The Morgan fingerprint density at radius 1 is 0.963 bits per heavy atom. The number of benzene rings is 2. The van der Waals surface area contributed by atoms with E-state index in [1.165, 1.54) is 19.1 Å². The molecule has 0 spiro atoms. The Bertz CT molecular complexity index is 1120. The average molecular weight is 362 g/mol. The first-order chi connectivity index (χ1) is 12.9. The number of aromatic hydroxyl groups is 1. The fourth-order valence-corrected chi connectivity index (χ4v) is 3.17. The number of phenols is 1. The lowest BCUT2D eigenvalue weighted by Crippen LogP contribution is -2.19. The first kappa shape index (κ1) is 16.8. The molecule has 1 aliphatic rings. The highest BCUT2D eigenvalue weighted by Gasteiger charge is 2.37. The van der Waals surface area contributed by atoms with Gasteiger partial charge in [0, 0.05) is 18.1 Å². The van der Waals surface area contributed by atoms with E-state index in [0.29, 0.717) is 16.9 Å². The van der Waals surface area contributed by atoms with Gasteiger partial charge in [-0.15, -0.1) is 0 Å². The van der Waals surface area contributed by atoms with Gasteiger partial charge in [0.2, 0.25) is 11.6 Å². The van der Waals surface area contributed by atoms with Gasteiger partial charge in [0.1, 0.15) is 11.5 Å². The first-order valence-electron chi connectivity index (χ1n) is 8.17. The van der Waals surface area contributed by atoms with Crippen molar-refractivity contribution in [2.75, 3.05) is 7.11 Å². The molecule has 0 saturated carbocycles. The van der Waals surface area contributed by atoms with Crippen molar-refractivity contribution in [3.05, 3.63) is 70.7 Å². The van der Waals surface area contributed by atoms with Crippen molar-refractivity contribution in [3.63, 3.8) is 0 Å². The number of fused-ring (bicyclic) bond motifs is 2. The highest BCUT2D eigenvalue weighted by atomic mass is 16.5. The van der Waals surface area contributed by atoms with E-state index in [2.05, 4.69) is 0 Å². The van der Waals surface area contributed by atoms with Crippen molar-refractivity contribution in [2.24, 2.45) is 0 Å². The molecule has 0 aliphatic heterocycles. The Balaban J connectivity index is 1.88.